The SMILES string of the molecule is C=C(c1ccc(NC(=O)c2cc(OC(C)c3c(Cl)ccc(F)c3Cl)c(N)nn2)cc1)N1CCNCC1. The lowest BCUT2D eigenvalue weighted by Crippen LogP contribution is -2.42. The third kappa shape index (κ3) is 5.70. The minimum absolute atomic E-state index is 0.0165. The molecule has 3 aromatic rings. The predicted octanol–water partition coefficient (Wildman–Crippen LogP) is 4.77. The van der Waals surface area contributed by atoms with Crippen LogP contribution in [0, 0.1) is 5.82 Å². The Bertz CT molecular complexity index is 1280. The van der Waals surface area contributed by atoms with Crippen LogP contribution in [0.15, 0.2) is 49.0 Å². The summed E-state index contributed by atoms with van der Waals surface area (Å²) >= 11 is 12.3. The Balaban J connectivity index is 1.45. The first-order valence-corrected chi connectivity index (χ1v) is 12.0. The quantitative estimate of drug-likeness (QED) is 0.377. The van der Waals surface area contributed by atoms with E-state index in [0.29, 0.717) is 5.69 Å². The number of nitrogens with one attached hydrogen (secondary N) is 2. The van der Waals surface area contributed by atoms with Gasteiger partial charge in [-0.3, -0.25) is 4.79 Å². The Labute approximate surface area is 218 Å². The van der Waals surface area contributed by atoms with Gasteiger partial charge in [0.05, 0.1) is 5.02 Å². The first-order chi connectivity index (χ1) is 17.2. The first kappa shape index (κ1) is 25.7. The molecule has 4 N–H and O–H groups in total. The molecule has 0 spiro atoms. The van der Waals surface area contributed by atoms with Gasteiger partial charge in [-0.15, -0.1) is 10.2 Å². The zero-order valence-corrected chi connectivity index (χ0v) is 21.0. The van der Waals surface area contributed by atoms with Crippen molar-refractivity contribution in [3.8, 4) is 5.75 Å². The van der Waals surface area contributed by atoms with Crippen LogP contribution in [0.5, 0.6) is 5.75 Å². The second-order valence-electron chi connectivity index (χ2n) is 8.21. The number of piperazine rings is 1. The molecule has 1 amide bonds. The summed E-state index contributed by atoms with van der Waals surface area (Å²) in [5.74, 6) is -1.09. The van der Waals surface area contributed by atoms with E-state index in [0.717, 1.165) is 37.4 Å². The molecule has 1 aliphatic rings. The molecule has 1 aromatic heterocycles. The van der Waals surface area contributed by atoms with Crippen molar-refractivity contribution in [2.24, 2.45) is 0 Å². The third-order valence-corrected chi connectivity index (χ3v) is 6.50. The minimum Gasteiger partial charge on any atom is -0.482 e. The van der Waals surface area contributed by atoms with Crippen molar-refractivity contribution in [1.82, 2.24) is 20.4 Å². The number of carbonyl (C=O) groups is 1. The van der Waals surface area contributed by atoms with Crippen molar-refractivity contribution in [3.05, 3.63) is 81.7 Å². The topological polar surface area (TPSA) is 105 Å². The van der Waals surface area contributed by atoms with Gasteiger partial charge in [0.1, 0.15) is 11.9 Å². The lowest BCUT2D eigenvalue weighted by Gasteiger charge is -2.31. The number of nitrogen functional groups attached to an aromatic ring is 1. The van der Waals surface area contributed by atoms with Gasteiger partial charge in [0, 0.05) is 54.2 Å². The smallest absolute Gasteiger partial charge is 0.276 e. The van der Waals surface area contributed by atoms with Crippen LogP contribution in [0.4, 0.5) is 15.9 Å². The maximum atomic E-state index is 13.9. The van der Waals surface area contributed by atoms with Gasteiger partial charge in [-0.05, 0) is 36.8 Å². The molecular weight excluding hydrogens is 506 g/mol. The Kier molecular flexibility index (Phi) is 7.93. The van der Waals surface area contributed by atoms with Crippen LogP contribution in [-0.4, -0.2) is 47.2 Å². The highest BCUT2D eigenvalue weighted by molar-refractivity contribution is 6.36. The van der Waals surface area contributed by atoms with Crippen LogP contribution in [0.25, 0.3) is 5.70 Å². The average Bonchev–Trinajstić information content (AvgIpc) is 2.88. The number of ether oxygens (including phenoxy) is 1. The van der Waals surface area contributed by atoms with E-state index >= 15 is 0 Å². The average molecular weight is 531 g/mol. The lowest BCUT2D eigenvalue weighted by molar-refractivity contribution is 0.102. The monoisotopic (exact) mass is 530 g/mol. The zero-order valence-electron chi connectivity index (χ0n) is 19.5. The number of amides is 1. The third-order valence-electron chi connectivity index (χ3n) is 5.78. The number of nitrogens with zero attached hydrogens (tertiary/aromatic N) is 3. The van der Waals surface area contributed by atoms with E-state index < -0.39 is 17.8 Å². The largest absolute Gasteiger partial charge is 0.482 e. The normalized spacial score (nSPS) is 14.3. The summed E-state index contributed by atoms with van der Waals surface area (Å²) in [6, 6.07) is 11.3. The van der Waals surface area contributed by atoms with E-state index in [1.807, 2.05) is 12.1 Å². The molecule has 11 heteroatoms. The molecule has 8 nitrogen and oxygen atoms in total. The number of hydrogen-bond donors (Lipinski definition) is 3. The maximum Gasteiger partial charge on any atom is 0.276 e. The highest BCUT2D eigenvalue weighted by Crippen LogP contribution is 2.36. The van der Waals surface area contributed by atoms with Crippen molar-refractivity contribution >= 4 is 46.3 Å². The fourth-order valence-corrected chi connectivity index (χ4v) is 4.49. The first-order valence-electron chi connectivity index (χ1n) is 11.2. The fourth-order valence-electron chi connectivity index (χ4n) is 3.81. The number of nitrogens with two attached hydrogens (primary N) is 1. The van der Waals surface area contributed by atoms with Gasteiger partial charge in [-0.25, -0.2) is 4.39 Å². The van der Waals surface area contributed by atoms with Gasteiger partial charge < -0.3 is 26.0 Å². The predicted molar refractivity (Wildman–Crippen MR) is 140 cm³/mol. The molecule has 0 saturated carbocycles. The maximum absolute atomic E-state index is 13.9. The molecule has 1 atom stereocenters. The molecule has 0 bridgehead atoms. The lowest BCUT2D eigenvalue weighted by atomic mass is 10.1. The molecule has 0 aliphatic carbocycles. The minimum atomic E-state index is -0.778. The van der Waals surface area contributed by atoms with Gasteiger partial charge in [0.2, 0.25) is 0 Å². The van der Waals surface area contributed by atoms with Crippen LogP contribution in [0.1, 0.15) is 34.6 Å². The van der Waals surface area contributed by atoms with Crippen molar-refractivity contribution in [1.29, 1.82) is 0 Å². The summed E-state index contributed by atoms with van der Waals surface area (Å²) in [7, 11) is 0. The molecule has 36 heavy (non-hydrogen) atoms. The number of hydrogen-bond acceptors (Lipinski definition) is 7. The second-order valence-corrected chi connectivity index (χ2v) is 9.00. The van der Waals surface area contributed by atoms with Crippen LogP contribution in [0.2, 0.25) is 10.0 Å². The molecule has 188 valence electrons. The number of anilines is 2. The molecule has 1 unspecified atom stereocenters. The van der Waals surface area contributed by atoms with E-state index in [9.17, 15) is 9.18 Å². The van der Waals surface area contributed by atoms with Gasteiger partial charge >= 0.3 is 0 Å². The van der Waals surface area contributed by atoms with Crippen LogP contribution in [-0.2, 0) is 0 Å². The number of carbonyl (C=O) groups excluding carboxylic acids is 1. The molecule has 0 radical (unpaired) electrons. The van der Waals surface area contributed by atoms with Gasteiger partial charge in [0.15, 0.2) is 17.3 Å². The van der Waals surface area contributed by atoms with Gasteiger partial charge in [0.25, 0.3) is 5.91 Å². The van der Waals surface area contributed by atoms with Crippen molar-refractivity contribution < 1.29 is 13.9 Å². The number of rotatable bonds is 7. The molecule has 1 aliphatic heterocycles. The summed E-state index contributed by atoms with van der Waals surface area (Å²) in [6.07, 6.45) is -0.778. The Hall–Kier alpha value is -3.40. The summed E-state index contributed by atoms with van der Waals surface area (Å²) in [6.45, 7) is 9.45. The van der Waals surface area contributed by atoms with E-state index in [1.165, 1.54) is 18.2 Å². The summed E-state index contributed by atoms with van der Waals surface area (Å²) in [5, 5.41) is 13.9. The van der Waals surface area contributed by atoms with E-state index in [2.05, 4.69) is 32.3 Å². The zero-order chi connectivity index (χ0) is 25.8. The van der Waals surface area contributed by atoms with Crippen molar-refractivity contribution in [3.63, 3.8) is 0 Å². The molecular formula is C25H25Cl2FN6O2. The van der Waals surface area contributed by atoms with Crippen molar-refractivity contribution in [2.45, 2.75) is 13.0 Å². The highest BCUT2D eigenvalue weighted by Gasteiger charge is 2.21. The van der Waals surface area contributed by atoms with Gasteiger partial charge in [-0.2, -0.15) is 0 Å². The second kappa shape index (κ2) is 11.1. The fraction of sp³-hybridized carbons (Fsp3) is 0.240. The number of halogens is 3. The Morgan fingerprint density at radius 2 is 1.89 bits per heavy atom. The van der Waals surface area contributed by atoms with Crippen molar-refractivity contribution in [2.75, 3.05) is 37.2 Å². The van der Waals surface area contributed by atoms with Crippen LogP contribution >= 0.6 is 23.2 Å². The van der Waals surface area contributed by atoms with E-state index in [4.69, 9.17) is 33.7 Å². The number of benzene rings is 2. The molecule has 4 rings (SSSR count). The summed E-state index contributed by atoms with van der Waals surface area (Å²) in [5.41, 5.74) is 8.62. The van der Waals surface area contributed by atoms with E-state index in [1.54, 1.807) is 19.1 Å². The number of aromatic nitrogens is 2. The molecule has 2 aromatic carbocycles. The van der Waals surface area contributed by atoms with E-state index in [-0.39, 0.29) is 32.9 Å². The van der Waals surface area contributed by atoms with Gasteiger partial charge in [-0.1, -0.05) is 41.9 Å². The summed E-state index contributed by atoms with van der Waals surface area (Å²) in [4.78, 5) is 15.0. The Morgan fingerprint density at radius 1 is 1.19 bits per heavy atom. The molecule has 2 heterocycles. The van der Waals surface area contributed by atoms with Crippen LogP contribution < -0.4 is 21.1 Å². The standard InChI is InChI=1S/C25H25Cl2FN6O2/c1-14(34-11-9-30-10-12-34)16-3-5-17(6-4-16)31-25(35)20-13-21(24(29)33-32-20)36-15(2)22-18(26)7-8-19(28)23(22)27/h3-8,13,15,30H,1,9-12H2,2H3,(H2,29,33)(H,31,35). The summed E-state index contributed by atoms with van der Waals surface area (Å²) < 4.78 is 19.7. The molecule has 1 fully saturated rings. The van der Waals surface area contributed by atoms with Crippen LogP contribution in [0.3, 0.4) is 0 Å². The molecule has 1 saturated heterocycles. The highest BCUT2D eigenvalue weighted by atomic mass is 35.5. The Morgan fingerprint density at radius 3 is 2.58 bits per heavy atom.